The molecule has 0 spiro atoms. The van der Waals surface area contributed by atoms with Crippen LogP contribution in [0.15, 0.2) is 48.5 Å². The van der Waals surface area contributed by atoms with Crippen LogP contribution in [0.4, 0.5) is 0 Å². The second-order valence-electron chi connectivity index (χ2n) is 7.69. The molecule has 0 aliphatic carbocycles. The number of hydrogen-bond acceptors (Lipinski definition) is 5. The van der Waals surface area contributed by atoms with Crippen LogP contribution < -0.4 is 10.1 Å². The summed E-state index contributed by atoms with van der Waals surface area (Å²) in [6.07, 6.45) is 0. The zero-order chi connectivity index (χ0) is 20.7. The quantitative estimate of drug-likeness (QED) is 0.783. The molecule has 1 amide bonds. The number of benzene rings is 2. The van der Waals surface area contributed by atoms with E-state index < -0.39 is 0 Å². The number of hydrogen-bond donors (Lipinski definition) is 1. The van der Waals surface area contributed by atoms with E-state index in [-0.39, 0.29) is 18.1 Å². The van der Waals surface area contributed by atoms with Gasteiger partial charge in [-0.1, -0.05) is 24.3 Å². The Morgan fingerprint density at radius 2 is 1.69 bits per heavy atom. The van der Waals surface area contributed by atoms with E-state index in [0.717, 1.165) is 37.4 Å². The van der Waals surface area contributed by atoms with Gasteiger partial charge in [0.2, 0.25) is 0 Å². The average molecular weight is 393 g/mol. The Balaban J connectivity index is 1.46. The molecule has 2 aromatic carbocycles. The van der Waals surface area contributed by atoms with Crippen molar-refractivity contribution in [1.29, 1.82) is 5.26 Å². The van der Waals surface area contributed by atoms with Crippen LogP contribution in [-0.2, 0) is 9.53 Å². The van der Waals surface area contributed by atoms with Crippen molar-refractivity contribution >= 4 is 5.91 Å². The first kappa shape index (κ1) is 20.8. The van der Waals surface area contributed by atoms with E-state index >= 15 is 0 Å². The van der Waals surface area contributed by atoms with Crippen LogP contribution in [0.1, 0.15) is 19.4 Å². The van der Waals surface area contributed by atoms with E-state index in [1.54, 1.807) is 12.1 Å². The molecular formula is C23H27N3O3. The minimum absolute atomic E-state index is 0.0184. The summed E-state index contributed by atoms with van der Waals surface area (Å²) >= 11 is 0. The number of nitrogens with one attached hydrogen (secondary N) is 1. The van der Waals surface area contributed by atoms with Crippen LogP contribution in [0.5, 0.6) is 5.75 Å². The summed E-state index contributed by atoms with van der Waals surface area (Å²) in [6.45, 7) is 8.03. The van der Waals surface area contributed by atoms with Crippen molar-refractivity contribution < 1.29 is 14.3 Å². The molecule has 0 saturated carbocycles. The van der Waals surface area contributed by atoms with Gasteiger partial charge < -0.3 is 14.8 Å². The first-order valence-corrected chi connectivity index (χ1v) is 9.81. The molecule has 1 aliphatic heterocycles. The summed E-state index contributed by atoms with van der Waals surface area (Å²) in [6, 6.07) is 17.1. The fraction of sp³-hybridized carbons (Fsp3) is 0.391. The molecule has 29 heavy (non-hydrogen) atoms. The topological polar surface area (TPSA) is 74.6 Å². The Morgan fingerprint density at radius 3 is 2.28 bits per heavy atom. The smallest absolute Gasteiger partial charge is 0.258 e. The van der Waals surface area contributed by atoms with Crippen molar-refractivity contribution in [2.45, 2.75) is 19.4 Å². The molecule has 0 bridgehead atoms. The Kier molecular flexibility index (Phi) is 6.86. The van der Waals surface area contributed by atoms with Crippen LogP contribution in [-0.4, -0.2) is 55.8 Å². The summed E-state index contributed by atoms with van der Waals surface area (Å²) in [5, 5.41) is 11.8. The molecule has 1 fully saturated rings. The van der Waals surface area contributed by atoms with E-state index in [2.05, 4.69) is 30.1 Å². The number of amides is 1. The van der Waals surface area contributed by atoms with Gasteiger partial charge in [-0.3, -0.25) is 9.69 Å². The number of carbonyl (C=O) groups excluding carboxylic acids is 1. The summed E-state index contributed by atoms with van der Waals surface area (Å²) in [5.41, 5.74) is 2.57. The molecule has 1 heterocycles. The molecule has 6 heteroatoms. The maximum Gasteiger partial charge on any atom is 0.258 e. The third-order valence-electron chi connectivity index (χ3n) is 5.16. The normalized spacial score (nSPS) is 14.8. The lowest BCUT2D eigenvalue weighted by atomic mass is 10.0. The van der Waals surface area contributed by atoms with Crippen molar-refractivity contribution in [3.63, 3.8) is 0 Å². The molecule has 1 saturated heterocycles. The van der Waals surface area contributed by atoms with Gasteiger partial charge >= 0.3 is 0 Å². The lowest BCUT2D eigenvalue weighted by Crippen LogP contribution is -2.55. The molecule has 0 atom stereocenters. The van der Waals surface area contributed by atoms with Crippen LogP contribution in [0, 0.1) is 11.3 Å². The zero-order valence-electron chi connectivity index (χ0n) is 17.0. The van der Waals surface area contributed by atoms with Crippen LogP contribution in [0.2, 0.25) is 0 Å². The molecule has 0 aromatic heterocycles. The SMILES string of the molecule is CC(C)(CNC(=O)COc1ccc(-c2ccc(C#N)cc2)cc1)N1CCOCC1. The van der Waals surface area contributed by atoms with Gasteiger partial charge in [0.25, 0.3) is 5.91 Å². The highest BCUT2D eigenvalue weighted by Gasteiger charge is 2.28. The Bertz CT molecular complexity index is 848. The fourth-order valence-corrected chi connectivity index (χ4v) is 3.28. The van der Waals surface area contributed by atoms with Gasteiger partial charge in [0.05, 0.1) is 24.8 Å². The van der Waals surface area contributed by atoms with Crippen molar-refractivity contribution in [2.24, 2.45) is 0 Å². The molecule has 2 aromatic rings. The van der Waals surface area contributed by atoms with Gasteiger partial charge in [0, 0.05) is 25.2 Å². The molecule has 3 rings (SSSR count). The second-order valence-corrected chi connectivity index (χ2v) is 7.69. The Hall–Kier alpha value is -2.88. The Labute approximate surface area is 172 Å². The predicted molar refractivity (Wildman–Crippen MR) is 112 cm³/mol. The van der Waals surface area contributed by atoms with E-state index in [1.165, 1.54) is 0 Å². The highest BCUT2D eigenvalue weighted by Crippen LogP contribution is 2.23. The maximum absolute atomic E-state index is 12.2. The van der Waals surface area contributed by atoms with Crippen molar-refractivity contribution in [1.82, 2.24) is 10.2 Å². The third-order valence-corrected chi connectivity index (χ3v) is 5.16. The molecule has 0 radical (unpaired) electrons. The Morgan fingerprint density at radius 1 is 1.10 bits per heavy atom. The second kappa shape index (κ2) is 9.55. The highest BCUT2D eigenvalue weighted by atomic mass is 16.5. The van der Waals surface area contributed by atoms with E-state index in [0.29, 0.717) is 17.9 Å². The summed E-state index contributed by atoms with van der Waals surface area (Å²) in [5.74, 6) is 0.507. The molecular weight excluding hydrogens is 366 g/mol. The molecule has 1 aliphatic rings. The monoisotopic (exact) mass is 393 g/mol. The maximum atomic E-state index is 12.2. The number of rotatable bonds is 7. The van der Waals surface area contributed by atoms with Crippen LogP contribution in [0.3, 0.4) is 0 Å². The minimum Gasteiger partial charge on any atom is -0.484 e. The zero-order valence-corrected chi connectivity index (χ0v) is 17.0. The standard InChI is InChI=1S/C23H27N3O3/c1-23(2,26-11-13-28-14-12-26)17-25-22(27)16-29-21-9-7-20(8-10-21)19-5-3-18(15-24)4-6-19/h3-10H,11-14,16-17H2,1-2H3,(H,25,27). The first-order chi connectivity index (χ1) is 14.0. The third kappa shape index (κ3) is 5.80. The van der Waals surface area contributed by atoms with Gasteiger partial charge in [-0.05, 0) is 49.2 Å². The lowest BCUT2D eigenvalue weighted by molar-refractivity contribution is -0.123. The summed E-state index contributed by atoms with van der Waals surface area (Å²) in [4.78, 5) is 14.5. The molecule has 0 unspecified atom stereocenters. The van der Waals surface area contributed by atoms with Crippen molar-refractivity contribution in [3.05, 3.63) is 54.1 Å². The van der Waals surface area contributed by atoms with E-state index in [1.807, 2.05) is 36.4 Å². The number of carbonyl (C=O) groups is 1. The number of morpholine rings is 1. The highest BCUT2D eigenvalue weighted by molar-refractivity contribution is 5.77. The number of ether oxygens (including phenoxy) is 2. The van der Waals surface area contributed by atoms with Gasteiger partial charge in [-0.25, -0.2) is 0 Å². The average Bonchev–Trinajstić information content (AvgIpc) is 2.77. The van der Waals surface area contributed by atoms with Crippen LogP contribution >= 0.6 is 0 Å². The summed E-state index contributed by atoms with van der Waals surface area (Å²) < 4.78 is 11.0. The van der Waals surface area contributed by atoms with Crippen molar-refractivity contribution in [2.75, 3.05) is 39.5 Å². The predicted octanol–water partition coefficient (Wildman–Crippen LogP) is 2.83. The molecule has 152 valence electrons. The van der Waals surface area contributed by atoms with Gasteiger partial charge in [-0.15, -0.1) is 0 Å². The van der Waals surface area contributed by atoms with Gasteiger partial charge in [0.15, 0.2) is 6.61 Å². The first-order valence-electron chi connectivity index (χ1n) is 9.81. The number of nitrogens with zero attached hydrogens (tertiary/aromatic N) is 2. The molecule has 6 nitrogen and oxygen atoms in total. The van der Waals surface area contributed by atoms with Crippen molar-refractivity contribution in [3.8, 4) is 22.9 Å². The lowest BCUT2D eigenvalue weighted by Gasteiger charge is -2.40. The largest absolute Gasteiger partial charge is 0.484 e. The van der Waals surface area contributed by atoms with E-state index in [9.17, 15) is 4.79 Å². The summed E-state index contributed by atoms with van der Waals surface area (Å²) in [7, 11) is 0. The minimum atomic E-state index is -0.137. The number of nitriles is 1. The molecule has 1 N–H and O–H groups in total. The van der Waals surface area contributed by atoms with E-state index in [4.69, 9.17) is 14.7 Å². The van der Waals surface area contributed by atoms with Gasteiger partial charge in [0.1, 0.15) is 5.75 Å². The van der Waals surface area contributed by atoms with Gasteiger partial charge in [-0.2, -0.15) is 5.26 Å². The fourth-order valence-electron chi connectivity index (χ4n) is 3.28. The van der Waals surface area contributed by atoms with Crippen LogP contribution in [0.25, 0.3) is 11.1 Å².